The van der Waals surface area contributed by atoms with Crippen LogP contribution in [0.5, 0.6) is 0 Å². The Hall–Kier alpha value is -2.05. The summed E-state index contributed by atoms with van der Waals surface area (Å²) in [4.78, 5) is 27.6. The number of hydrogen-bond donors (Lipinski definition) is 1. The number of nitrogens with zero attached hydrogens (tertiary/aromatic N) is 1. The minimum Gasteiger partial charge on any atom is -0.469 e. The SMILES string of the molecule is C[C@H](OC(=O)CCc1ccco1)C(=O)Nc1ncc(Cl)cc1Cl. The van der Waals surface area contributed by atoms with Gasteiger partial charge in [0.1, 0.15) is 5.76 Å². The molecule has 0 aliphatic carbocycles. The highest BCUT2D eigenvalue weighted by molar-refractivity contribution is 6.36. The lowest BCUT2D eigenvalue weighted by molar-refractivity contribution is -0.153. The zero-order valence-corrected chi connectivity index (χ0v) is 13.7. The predicted octanol–water partition coefficient (Wildman–Crippen LogP) is 3.48. The molecular formula is C15H14Cl2N2O4. The van der Waals surface area contributed by atoms with Crippen LogP contribution < -0.4 is 5.32 Å². The minimum atomic E-state index is -0.979. The summed E-state index contributed by atoms with van der Waals surface area (Å²) >= 11 is 11.6. The van der Waals surface area contributed by atoms with E-state index in [4.69, 9.17) is 32.4 Å². The van der Waals surface area contributed by atoms with Gasteiger partial charge in [-0.25, -0.2) is 4.98 Å². The molecule has 2 heterocycles. The molecule has 0 bridgehead atoms. The second kappa shape index (κ2) is 7.99. The number of ether oxygens (including phenoxy) is 1. The molecule has 8 heteroatoms. The highest BCUT2D eigenvalue weighted by Crippen LogP contribution is 2.22. The zero-order chi connectivity index (χ0) is 16.8. The quantitative estimate of drug-likeness (QED) is 0.801. The standard InChI is InChI=1S/C15H14Cl2N2O4/c1-9(23-13(20)5-4-11-3-2-6-22-11)15(21)19-14-12(17)7-10(16)8-18-14/h2-3,6-9H,4-5H2,1H3,(H,18,19,21)/t9-/m0/s1. The smallest absolute Gasteiger partial charge is 0.307 e. The van der Waals surface area contributed by atoms with Crippen molar-refractivity contribution in [2.45, 2.75) is 25.9 Å². The van der Waals surface area contributed by atoms with Crippen molar-refractivity contribution >= 4 is 40.9 Å². The number of carbonyl (C=O) groups is 2. The van der Waals surface area contributed by atoms with Gasteiger partial charge in [-0.1, -0.05) is 23.2 Å². The second-order valence-corrected chi connectivity index (χ2v) is 5.53. The van der Waals surface area contributed by atoms with E-state index >= 15 is 0 Å². The molecule has 0 unspecified atom stereocenters. The number of halogens is 2. The van der Waals surface area contributed by atoms with Crippen molar-refractivity contribution in [3.8, 4) is 0 Å². The Balaban J connectivity index is 1.83. The highest BCUT2D eigenvalue weighted by Gasteiger charge is 2.19. The summed E-state index contributed by atoms with van der Waals surface area (Å²) in [6.45, 7) is 1.46. The molecule has 0 radical (unpaired) electrons. The fourth-order valence-electron chi connectivity index (χ4n) is 1.71. The number of rotatable bonds is 6. The Labute approximate surface area is 142 Å². The number of nitrogens with one attached hydrogen (secondary N) is 1. The van der Waals surface area contributed by atoms with Gasteiger partial charge in [0.2, 0.25) is 0 Å². The lowest BCUT2D eigenvalue weighted by atomic mass is 10.2. The average molecular weight is 357 g/mol. The third-order valence-corrected chi connectivity index (χ3v) is 3.38. The van der Waals surface area contributed by atoms with E-state index in [-0.39, 0.29) is 17.3 Å². The van der Waals surface area contributed by atoms with Crippen molar-refractivity contribution in [1.82, 2.24) is 4.98 Å². The normalized spacial score (nSPS) is 11.8. The molecule has 0 aliphatic heterocycles. The third-order valence-electron chi connectivity index (χ3n) is 2.88. The van der Waals surface area contributed by atoms with Crippen LogP contribution in [0.1, 0.15) is 19.1 Å². The number of furan rings is 1. The first-order chi connectivity index (χ1) is 11.0. The van der Waals surface area contributed by atoms with E-state index in [0.29, 0.717) is 17.2 Å². The van der Waals surface area contributed by atoms with E-state index < -0.39 is 18.0 Å². The van der Waals surface area contributed by atoms with E-state index in [0.717, 1.165) is 0 Å². The molecule has 6 nitrogen and oxygen atoms in total. The lowest BCUT2D eigenvalue weighted by Gasteiger charge is -2.13. The zero-order valence-electron chi connectivity index (χ0n) is 12.2. The van der Waals surface area contributed by atoms with Crippen LogP contribution in [-0.2, 0) is 20.7 Å². The van der Waals surface area contributed by atoms with Gasteiger partial charge in [0.05, 0.1) is 22.7 Å². The summed E-state index contributed by atoms with van der Waals surface area (Å²) in [6, 6.07) is 4.95. The van der Waals surface area contributed by atoms with E-state index in [1.165, 1.54) is 25.5 Å². The van der Waals surface area contributed by atoms with Gasteiger partial charge in [-0.15, -0.1) is 0 Å². The van der Waals surface area contributed by atoms with Gasteiger partial charge in [0.25, 0.3) is 5.91 Å². The van der Waals surface area contributed by atoms with Crippen molar-refractivity contribution in [3.63, 3.8) is 0 Å². The Bertz CT molecular complexity index is 689. The van der Waals surface area contributed by atoms with E-state index in [9.17, 15) is 9.59 Å². The van der Waals surface area contributed by atoms with Crippen molar-refractivity contribution < 1.29 is 18.7 Å². The molecule has 122 valence electrons. The largest absolute Gasteiger partial charge is 0.469 e. The van der Waals surface area contributed by atoms with Crippen molar-refractivity contribution in [2.75, 3.05) is 5.32 Å². The molecule has 1 amide bonds. The van der Waals surface area contributed by atoms with Crippen LogP contribution in [0.25, 0.3) is 0 Å². The van der Waals surface area contributed by atoms with Crippen LogP contribution in [0.2, 0.25) is 10.0 Å². The van der Waals surface area contributed by atoms with Crippen LogP contribution >= 0.6 is 23.2 Å². The number of esters is 1. The molecule has 2 aromatic heterocycles. The Kier molecular flexibility index (Phi) is 6.01. The van der Waals surface area contributed by atoms with Crippen LogP contribution in [-0.4, -0.2) is 23.0 Å². The van der Waals surface area contributed by atoms with Gasteiger partial charge in [0, 0.05) is 12.6 Å². The first-order valence-corrected chi connectivity index (χ1v) is 7.55. The fourth-order valence-corrected chi connectivity index (χ4v) is 2.14. The van der Waals surface area contributed by atoms with E-state index in [1.54, 1.807) is 12.1 Å². The second-order valence-electron chi connectivity index (χ2n) is 4.68. The van der Waals surface area contributed by atoms with Gasteiger partial charge in [-0.2, -0.15) is 0 Å². The number of aromatic nitrogens is 1. The van der Waals surface area contributed by atoms with Crippen LogP contribution in [0.3, 0.4) is 0 Å². The number of pyridine rings is 1. The molecular weight excluding hydrogens is 343 g/mol. The van der Waals surface area contributed by atoms with Crippen LogP contribution in [0.15, 0.2) is 35.1 Å². The maximum atomic E-state index is 12.0. The number of anilines is 1. The van der Waals surface area contributed by atoms with Crippen LogP contribution in [0.4, 0.5) is 5.82 Å². The van der Waals surface area contributed by atoms with E-state index in [2.05, 4.69) is 10.3 Å². The summed E-state index contributed by atoms with van der Waals surface area (Å²) < 4.78 is 10.2. The first-order valence-electron chi connectivity index (χ1n) is 6.79. The molecule has 0 saturated carbocycles. The third kappa shape index (κ3) is 5.26. The number of amides is 1. The van der Waals surface area contributed by atoms with Gasteiger partial charge in [-0.05, 0) is 25.1 Å². The summed E-state index contributed by atoms with van der Waals surface area (Å²) in [7, 11) is 0. The Morgan fingerprint density at radius 3 is 2.87 bits per heavy atom. The molecule has 23 heavy (non-hydrogen) atoms. The Morgan fingerprint density at radius 2 is 2.22 bits per heavy atom. The number of carbonyl (C=O) groups excluding carboxylic acids is 2. The van der Waals surface area contributed by atoms with Crippen LogP contribution in [0, 0.1) is 0 Å². The predicted molar refractivity (Wildman–Crippen MR) is 85.5 cm³/mol. The van der Waals surface area contributed by atoms with Crippen molar-refractivity contribution in [1.29, 1.82) is 0 Å². The van der Waals surface area contributed by atoms with Gasteiger partial charge < -0.3 is 14.5 Å². The monoisotopic (exact) mass is 356 g/mol. The average Bonchev–Trinajstić information content (AvgIpc) is 3.01. The topological polar surface area (TPSA) is 81.4 Å². The molecule has 0 fully saturated rings. The molecule has 0 aliphatic rings. The fraction of sp³-hybridized carbons (Fsp3) is 0.267. The maximum Gasteiger partial charge on any atom is 0.307 e. The lowest BCUT2D eigenvalue weighted by Crippen LogP contribution is -2.30. The summed E-state index contributed by atoms with van der Waals surface area (Å²) in [6.07, 6.45) is 2.42. The number of hydrogen-bond acceptors (Lipinski definition) is 5. The first kappa shape index (κ1) is 17.3. The molecule has 2 aromatic rings. The molecule has 0 aromatic carbocycles. The van der Waals surface area contributed by atoms with Crippen molar-refractivity contribution in [3.05, 3.63) is 46.5 Å². The minimum absolute atomic E-state index is 0.116. The molecule has 2 rings (SSSR count). The summed E-state index contributed by atoms with van der Waals surface area (Å²) in [5, 5.41) is 3.02. The molecule has 1 N–H and O–H groups in total. The summed E-state index contributed by atoms with van der Waals surface area (Å²) in [5.41, 5.74) is 0. The maximum absolute atomic E-state index is 12.0. The number of aryl methyl sites for hydroxylation is 1. The molecule has 1 atom stereocenters. The van der Waals surface area contributed by atoms with E-state index in [1.807, 2.05) is 0 Å². The molecule has 0 spiro atoms. The van der Waals surface area contributed by atoms with Gasteiger partial charge >= 0.3 is 5.97 Å². The summed E-state index contributed by atoms with van der Waals surface area (Å²) in [5.74, 6) is -0.206. The van der Waals surface area contributed by atoms with Crippen molar-refractivity contribution in [2.24, 2.45) is 0 Å². The molecule has 0 saturated heterocycles. The highest BCUT2D eigenvalue weighted by atomic mass is 35.5. The van der Waals surface area contributed by atoms with Gasteiger partial charge in [-0.3, -0.25) is 9.59 Å². The van der Waals surface area contributed by atoms with Gasteiger partial charge in [0.15, 0.2) is 11.9 Å². The Morgan fingerprint density at radius 1 is 1.43 bits per heavy atom.